The molecule has 0 aromatic rings. The van der Waals surface area contributed by atoms with E-state index in [4.69, 9.17) is 13.6 Å². The van der Waals surface area contributed by atoms with E-state index in [1.807, 2.05) is 0 Å². The van der Waals surface area contributed by atoms with Crippen LogP contribution in [-0.4, -0.2) is 58.4 Å². The minimum absolute atomic E-state index is 0.0653. The summed E-state index contributed by atoms with van der Waals surface area (Å²) in [5.41, 5.74) is 0. The van der Waals surface area contributed by atoms with E-state index in [0.717, 1.165) is 0 Å². The second-order valence-corrected chi connectivity index (χ2v) is 20.4. The first-order valence-corrected chi connectivity index (χ1v) is 16.1. The van der Waals surface area contributed by atoms with Gasteiger partial charge in [-0.15, -0.1) is 6.58 Å². The zero-order valence-electron chi connectivity index (χ0n) is 20.2. The predicted octanol–water partition coefficient (Wildman–Crippen LogP) is 4.68. The lowest BCUT2D eigenvalue weighted by Gasteiger charge is -2.42. The van der Waals surface area contributed by atoms with Crippen LogP contribution in [0.2, 0.25) is 36.3 Å². The number of nitrogens with zero attached hydrogens (tertiary/aromatic N) is 1. The van der Waals surface area contributed by atoms with Gasteiger partial charge >= 0.3 is 5.97 Å². The Bertz CT molecular complexity index is 634. The summed E-state index contributed by atoms with van der Waals surface area (Å²) in [7, 11) is -4.54. The van der Waals surface area contributed by atoms with Crippen molar-refractivity contribution in [3.63, 3.8) is 0 Å². The normalized spacial score (nSPS) is 24.0. The quantitative estimate of drug-likeness (QED) is 0.325. The highest BCUT2D eigenvalue weighted by atomic mass is 28.4. The number of hydrogen-bond acceptors (Lipinski definition) is 5. The van der Waals surface area contributed by atoms with Crippen LogP contribution in [0.3, 0.4) is 0 Å². The third-order valence-electron chi connectivity index (χ3n) is 6.49. The van der Waals surface area contributed by atoms with E-state index in [1.165, 1.54) is 11.8 Å². The van der Waals surface area contributed by atoms with Gasteiger partial charge < -0.3 is 13.6 Å². The minimum Gasteiger partial charge on any atom is -0.439 e. The lowest BCUT2D eigenvalue weighted by Crippen LogP contribution is -2.54. The second-order valence-electron chi connectivity index (χ2n) is 10.9. The van der Waals surface area contributed by atoms with Gasteiger partial charge in [0, 0.05) is 13.5 Å². The molecule has 1 amide bonds. The summed E-state index contributed by atoms with van der Waals surface area (Å²) < 4.78 is 18.8. The molecule has 1 rings (SSSR count). The standard InChI is InChI=1S/C21H41NO5Si2/c1-13-14-22-18(24)16(26-28(9,10)20(3,4)5)17(19(22)25-15(2)23)27-29(11,12)21(6,7)8/h13,16-17,19H,1,14H2,2-12H3/t16-,17-,19?/m1/s1. The summed E-state index contributed by atoms with van der Waals surface area (Å²) in [6.45, 7) is 26.7. The molecule has 0 bridgehead atoms. The Kier molecular flexibility index (Phi) is 7.77. The molecule has 168 valence electrons. The SMILES string of the molecule is C=CCN1C(=O)[C@H](O[Si](C)(C)C(C)(C)C)[C@@H](O[Si](C)(C)C(C)(C)C)C1OC(C)=O. The molecule has 0 aromatic carbocycles. The van der Waals surface area contributed by atoms with Crippen LogP contribution >= 0.6 is 0 Å². The van der Waals surface area contributed by atoms with Crippen LogP contribution in [0.5, 0.6) is 0 Å². The zero-order chi connectivity index (χ0) is 23.0. The summed E-state index contributed by atoms with van der Waals surface area (Å²) >= 11 is 0. The van der Waals surface area contributed by atoms with Gasteiger partial charge in [0.15, 0.2) is 22.7 Å². The lowest BCUT2D eigenvalue weighted by atomic mass is 10.2. The number of esters is 1. The van der Waals surface area contributed by atoms with Crippen molar-refractivity contribution in [2.45, 2.75) is 103 Å². The average molecular weight is 444 g/mol. The second kappa shape index (κ2) is 8.65. The van der Waals surface area contributed by atoms with Crippen LogP contribution in [-0.2, 0) is 23.2 Å². The van der Waals surface area contributed by atoms with Crippen LogP contribution in [0.25, 0.3) is 0 Å². The van der Waals surface area contributed by atoms with E-state index in [9.17, 15) is 9.59 Å². The lowest BCUT2D eigenvalue weighted by molar-refractivity contribution is -0.162. The molecule has 0 aliphatic carbocycles. The highest BCUT2D eigenvalue weighted by molar-refractivity contribution is 6.74. The molecular formula is C21H41NO5Si2. The molecule has 1 fully saturated rings. The smallest absolute Gasteiger partial charge is 0.304 e. The fourth-order valence-electron chi connectivity index (χ4n) is 2.64. The van der Waals surface area contributed by atoms with Crippen LogP contribution < -0.4 is 0 Å². The molecule has 1 unspecified atom stereocenters. The van der Waals surface area contributed by atoms with E-state index >= 15 is 0 Å². The van der Waals surface area contributed by atoms with E-state index < -0.39 is 41.0 Å². The number of carbonyl (C=O) groups excluding carboxylic acids is 2. The Morgan fingerprint density at radius 1 is 1.03 bits per heavy atom. The molecule has 3 atom stereocenters. The number of rotatable bonds is 7. The van der Waals surface area contributed by atoms with Gasteiger partial charge in [0.1, 0.15) is 6.10 Å². The average Bonchev–Trinajstić information content (AvgIpc) is 2.70. The first-order chi connectivity index (χ1) is 12.9. The van der Waals surface area contributed by atoms with E-state index in [1.54, 1.807) is 6.08 Å². The fourth-order valence-corrected chi connectivity index (χ4v) is 5.14. The van der Waals surface area contributed by atoms with Crippen molar-refractivity contribution in [2.75, 3.05) is 6.54 Å². The monoisotopic (exact) mass is 443 g/mol. The fraction of sp³-hybridized carbons (Fsp3) is 0.810. The van der Waals surface area contributed by atoms with Gasteiger partial charge in [-0.2, -0.15) is 0 Å². The summed E-state index contributed by atoms with van der Waals surface area (Å²) in [6, 6.07) is 0. The molecule has 8 heteroatoms. The van der Waals surface area contributed by atoms with Crippen LogP contribution in [0, 0.1) is 0 Å². The molecule has 6 nitrogen and oxygen atoms in total. The zero-order valence-corrected chi connectivity index (χ0v) is 22.2. The first kappa shape index (κ1) is 26.1. The van der Waals surface area contributed by atoms with Crippen molar-refractivity contribution < 1.29 is 23.2 Å². The summed E-state index contributed by atoms with van der Waals surface area (Å²) in [5.74, 6) is -0.654. The summed E-state index contributed by atoms with van der Waals surface area (Å²) in [5, 5.41) is -0.137. The van der Waals surface area contributed by atoms with Crippen molar-refractivity contribution in [1.82, 2.24) is 4.90 Å². The highest BCUT2D eigenvalue weighted by Crippen LogP contribution is 2.43. The van der Waals surface area contributed by atoms with Gasteiger partial charge in [-0.3, -0.25) is 14.5 Å². The van der Waals surface area contributed by atoms with Crippen molar-refractivity contribution >= 4 is 28.5 Å². The van der Waals surface area contributed by atoms with Crippen molar-refractivity contribution in [1.29, 1.82) is 0 Å². The summed E-state index contributed by atoms with van der Waals surface area (Å²) in [6.07, 6.45) is -0.649. The molecule has 1 aliphatic heterocycles. The van der Waals surface area contributed by atoms with E-state index in [2.05, 4.69) is 74.3 Å². The largest absolute Gasteiger partial charge is 0.439 e. The van der Waals surface area contributed by atoms with Crippen LogP contribution in [0.4, 0.5) is 0 Å². The molecule has 0 radical (unpaired) electrons. The maximum atomic E-state index is 13.4. The third kappa shape index (κ3) is 5.80. The van der Waals surface area contributed by atoms with Crippen LogP contribution in [0.15, 0.2) is 12.7 Å². The molecule has 1 saturated heterocycles. The maximum absolute atomic E-state index is 13.4. The Balaban J connectivity index is 3.44. The predicted molar refractivity (Wildman–Crippen MR) is 122 cm³/mol. The molecule has 0 aromatic heterocycles. The maximum Gasteiger partial charge on any atom is 0.304 e. The molecule has 1 heterocycles. The number of likely N-dealkylation sites (tertiary alicyclic amines) is 1. The molecule has 0 saturated carbocycles. The van der Waals surface area contributed by atoms with Gasteiger partial charge in [-0.25, -0.2) is 0 Å². The van der Waals surface area contributed by atoms with Crippen molar-refractivity contribution in [2.24, 2.45) is 0 Å². The van der Waals surface area contributed by atoms with E-state index in [-0.39, 0.29) is 22.5 Å². The molecule has 1 aliphatic rings. The van der Waals surface area contributed by atoms with Crippen molar-refractivity contribution in [3.05, 3.63) is 12.7 Å². The third-order valence-corrected chi connectivity index (χ3v) is 15.4. The molecular weight excluding hydrogens is 402 g/mol. The highest BCUT2D eigenvalue weighted by Gasteiger charge is 2.56. The number of hydrogen-bond donors (Lipinski definition) is 0. The van der Waals surface area contributed by atoms with Crippen molar-refractivity contribution in [3.8, 4) is 0 Å². The Labute approximate surface area is 179 Å². The molecule has 29 heavy (non-hydrogen) atoms. The Hall–Kier alpha value is -0.966. The number of ether oxygens (including phenoxy) is 1. The summed E-state index contributed by atoms with van der Waals surface area (Å²) in [4.78, 5) is 26.7. The molecule has 0 spiro atoms. The number of amides is 1. The number of carbonyl (C=O) groups is 2. The Morgan fingerprint density at radius 2 is 1.48 bits per heavy atom. The van der Waals surface area contributed by atoms with Gasteiger partial charge in [0.05, 0.1) is 0 Å². The van der Waals surface area contributed by atoms with E-state index in [0.29, 0.717) is 0 Å². The van der Waals surface area contributed by atoms with Gasteiger partial charge in [-0.05, 0) is 36.3 Å². The van der Waals surface area contributed by atoms with Crippen LogP contribution in [0.1, 0.15) is 48.5 Å². The van der Waals surface area contributed by atoms with Gasteiger partial charge in [0.25, 0.3) is 5.91 Å². The first-order valence-electron chi connectivity index (χ1n) is 10.3. The molecule has 0 N–H and O–H groups in total. The minimum atomic E-state index is -2.28. The Morgan fingerprint density at radius 3 is 1.86 bits per heavy atom. The van der Waals surface area contributed by atoms with Gasteiger partial charge in [0.2, 0.25) is 6.23 Å². The topological polar surface area (TPSA) is 65.1 Å². The van der Waals surface area contributed by atoms with Gasteiger partial charge in [-0.1, -0.05) is 47.6 Å².